The van der Waals surface area contributed by atoms with Gasteiger partial charge in [0.15, 0.2) is 0 Å². The van der Waals surface area contributed by atoms with E-state index in [4.69, 9.17) is 5.41 Å². The Morgan fingerprint density at radius 1 is 1.46 bits per heavy atom. The molecule has 2 heteroatoms. The van der Waals surface area contributed by atoms with Gasteiger partial charge in [0.25, 0.3) is 0 Å². The minimum absolute atomic E-state index is 0.544. The second-order valence-electron chi connectivity index (χ2n) is 3.55. The molecule has 2 N–H and O–H groups in total. The van der Waals surface area contributed by atoms with E-state index in [9.17, 15) is 0 Å². The lowest BCUT2D eigenvalue weighted by Gasteiger charge is -1.95. The van der Waals surface area contributed by atoms with Crippen molar-refractivity contribution in [1.29, 1.82) is 5.41 Å². The van der Waals surface area contributed by atoms with Crippen LogP contribution in [0.2, 0.25) is 0 Å². The number of nitrogens with one attached hydrogen (secondary N) is 2. The molecule has 0 atom stereocenters. The Kier molecular flexibility index (Phi) is 3.07. The number of H-pyrrole nitrogens is 1. The monoisotopic (exact) mass is 176 g/mol. The van der Waals surface area contributed by atoms with Gasteiger partial charge in [-0.25, -0.2) is 0 Å². The summed E-state index contributed by atoms with van der Waals surface area (Å²) in [6.07, 6.45) is 7.49. The Balaban J connectivity index is 2.94. The zero-order valence-electron chi connectivity index (χ0n) is 8.39. The van der Waals surface area contributed by atoms with Crippen LogP contribution >= 0.6 is 0 Å². The molecular weight excluding hydrogens is 160 g/mol. The van der Waals surface area contributed by atoms with Crippen molar-refractivity contribution in [3.8, 4) is 0 Å². The molecule has 1 rings (SSSR count). The van der Waals surface area contributed by atoms with Gasteiger partial charge in [0, 0.05) is 23.7 Å². The number of aromatic amines is 1. The molecule has 0 amide bonds. The average Bonchev–Trinajstić information content (AvgIpc) is 2.42. The molecule has 0 aliphatic rings. The van der Waals surface area contributed by atoms with E-state index in [-0.39, 0.29) is 0 Å². The molecule has 0 saturated heterocycles. The first-order valence-electron chi connectivity index (χ1n) is 4.51. The summed E-state index contributed by atoms with van der Waals surface area (Å²) in [7, 11) is 0. The number of aromatic nitrogens is 1. The van der Waals surface area contributed by atoms with Gasteiger partial charge < -0.3 is 10.4 Å². The predicted molar refractivity (Wildman–Crippen MR) is 57.3 cm³/mol. The van der Waals surface area contributed by atoms with Gasteiger partial charge in [-0.05, 0) is 24.5 Å². The van der Waals surface area contributed by atoms with Crippen LogP contribution in [0.5, 0.6) is 0 Å². The SMILES string of the molecule is Cc1c[nH]c(/C=C\C(C)C)c1C=N. The zero-order chi connectivity index (χ0) is 9.84. The van der Waals surface area contributed by atoms with Gasteiger partial charge >= 0.3 is 0 Å². The predicted octanol–water partition coefficient (Wildman–Crippen LogP) is 2.99. The lowest BCUT2D eigenvalue weighted by atomic mass is 10.1. The van der Waals surface area contributed by atoms with Crippen LogP contribution in [-0.4, -0.2) is 11.2 Å². The molecular formula is C11H16N2. The third-order valence-corrected chi connectivity index (χ3v) is 1.95. The topological polar surface area (TPSA) is 39.6 Å². The maximum absolute atomic E-state index is 7.25. The molecule has 0 spiro atoms. The molecule has 0 fully saturated rings. The maximum Gasteiger partial charge on any atom is 0.0468 e. The van der Waals surface area contributed by atoms with E-state index in [1.807, 2.05) is 19.2 Å². The second-order valence-corrected chi connectivity index (χ2v) is 3.55. The molecule has 0 saturated carbocycles. The van der Waals surface area contributed by atoms with E-state index >= 15 is 0 Å². The first kappa shape index (κ1) is 9.78. The van der Waals surface area contributed by atoms with Crippen LogP contribution in [0.15, 0.2) is 12.3 Å². The summed E-state index contributed by atoms with van der Waals surface area (Å²) in [4.78, 5) is 3.14. The fourth-order valence-electron chi connectivity index (χ4n) is 1.17. The van der Waals surface area contributed by atoms with Crippen LogP contribution in [0.1, 0.15) is 30.7 Å². The van der Waals surface area contributed by atoms with Crippen molar-refractivity contribution < 1.29 is 0 Å². The third-order valence-electron chi connectivity index (χ3n) is 1.95. The molecule has 1 heterocycles. The van der Waals surface area contributed by atoms with Crippen LogP contribution in [0.3, 0.4) is 0 Å². The fraction of sp³-hybridized carbons (Fsp3) is 0.364. The molecule has 70 valence electrons. The van der Waals surface area contributed by atoms with Gasteiger partial charge in [0.05, 0.1) is 0 Å². The zero-order valence-corrected chi connectivity index (χ0v) is 8.39. The van der Waals surface area contributed by atoms with Crippen molar-refractivity contribution in [2.75, 3.05) is 0 Å². The Bertz CT molecular complexity index is 319. The van der Waals surface area contributed by atoms with E-state index in [2.05, 4.69) is 24.9 Å². The summed E-state index contributed by atoms with van der Waals surface area (Å²) in [5.41, 5.74) is 3.14. The molecule has 0 aliphatic carbocycles. The van der Waals surface area contributed by atoms with Crippen molar-refractivity contribution in [1.82, 2.24) is 4.98 Å². The third kappa shape index (κ3) is 2.31. The first-order chi connectivity index (χ1) is 6.15. The summed E-state index contributed by atoms with van der Waals surface area (Å²) < 4.78 is 0. The molecule has 1 aromatic heterocycles. The average molecular weight is 176 g/mol. The molecule has 0 bridgehead atoms. The second kappa shape index (κ2) is 4.08. The quantitative estimate of drug-likeness (QED) is 0.665. The molecule has 2 nitrogen and oxygen atoms in total. The lowest BCUT2D eigenvalue weighted by molar-refractivity contribution is 0.836. The van der Waals surface area contributed by atoms with E-state index in [0.717, 1.165) is 16.8 Å². The van der Waals surface area contributed by atoms with Crippen LogP contribution in [-0.2, 0) is 0 Å². The van der Waals surface area contributed by atoms with Crippen molar-refractivity contribution >= 4 is 12.3 Å². The van der Waals surface area contributed by atoms with Gasteiger partial charge in [-0.1, -0.05) is 19.9 Å². The number of rotatable bonds is 3. The van der Waals surface area contributed by atoms with Gasteiger partial charge in [-0.3, -0.25) is 0 Å². The molecule has 0 aliphatic heterocycles. The first-order valence-corrected chi connectivity index (χ1v) is 4.51. The highest BCUT2D eigenvalue weighted by atomic mass is 14.7. The maximum atomic E-state index is 7.25. The largest absolute Gasteiger partial charge is 0.361 e. The summed E-state index contributed by atoms with van der Waals surface area (Å²) in [5, 5.41) is 7.25. The van der Waals surface area contributed by atoms with Crippen molar-refractivity contribution in [2.24, 2.45) is 5.92 Å². The van der Waals surface area contributed by atoms with Crippen LogP contribution in [0.25, 0.3) is 6.08 Å². The summed E-state index contributed by atoms with van der Waals surface area (Å²) in [5.74, 6) is 0.544. The van der Waals surface area contributed by atoms with Gasteiger partial charge in [-0.15, -0.1) is 0 Å². The van der Waals surface area contributed by atoms with E-state index in [1.54, 1.807) is 0 Å². The van der Waals surface area contributed by atoms with Gasteiger partial charge in [-0.2, -0.15) is 0 Å². The number of aryl methyl sites for hydroxylation is 1. The van der Waals surface area contributed by atoms with E-state index < -0.39 is 0 Å². The van der Waals surface area contributed by atoms with Crippen molar-refractivity contribution in [3.05, 3.63) is 29.1 Å². The molecule has 1 aromatic rings. The van der Waals surface area contributed by atoms with Crippen molar-refractivity contribution in [2.45, 2.75) is 20.8 Å². The Labute approximate surface area is 79.2 Å². The Morgan fingerprint density at radius 2 is 2.15 bits per heavy atom. The minimum Gasteiger partial charge on any atom is -0.361 e. The lowest BCUT2D eigenvalue weighted by Crippen LogP contribution is -1.85. The highest BCUT2D eigenvalue weighted by molar-refractivity contribution is 5.84. The van der Waals surface area contributed by atoms with Crippen molar-refractivity contribution in [3.63, 3.8) is 0 Å². The molecule has 0 aromatic carbocycles. The van der Waals surface area contributed by atoms with Crippen LogP contribution in [0.4, 0.5) is 0 Å². The minimum atomic E-state index is 0.544. The molecule has 0 unspecified atom stereocenters. The van der Waals surface area contributed by atoms with Gasteiger partial charge in [0.2, 0.25) is 0 Å². The Hall–Kier alpha value is -1.31. The number of hydrogen-bond acceptors (Lipinski definition) is 1. The summed E-state index contributed by atoms with van der Waals surface area (Å²) in [6, 6.07) is 0. The van der Waals surface area contributed by atoms with E-state index in [0.29, 0.717) is 5.92 Å². The summed E-state index contributed by atoms with van der Waals surface area (Å²) in [6.45, 7) is 6.27. The normalized spacial score (nSPS) is 11.4. The smallest absolute Gasteiger partial charge is 0.0468 e. The Morgan fingerprint density at radius 3 is 2.69 bits per heavy atom. The van der Waals surface area contributed by atoms with Gasteiger partial charge in [0.1, 0.15) is 0 Å². The number of allylic oxidation sites excluding steroid dienone is 1. The van der Waals surface area contributed by atoms with Crippen LogP contribution in [0, 0.1) is 18.3 Å². The molecule has 13 heavy (non-hydrogen) atoms. The fourth-order valence-corrected chi connectivity index (χ4v) is 1.17. The molecule has 0 radical (unpaired) electrons. The standard InChI is InChI=1S/C11H16N2/c1-8(2)4-5-11-10(6-12)9(3)7-13-11/h4-8,12-13H,1-3H3/b5-4-,12-6?. The number of hydrogen-bond donors (Lipinski definition) is 2. The van der Waals surface area contributed by atoms with E-state index in [1.165, 1.54) is 6.21 Å². The highest BCUT2D eigenvalue weighted by Gasteiger charge is 2.01. The summed E-state index contributed by atoms with van der Waals surface area (Å²) >= 11 is 0. The van der Waals surface area contributed by atoms with Crippen LogP contribution < -0.4 is 0 Å². The highest BCUT2D eigenvalue weighted by Crippen LogP contribution is 2.12.